The van der Waals surface area contributed by atoms with E-state index in [9.17, 15) is 4.79 Å². The molecule has 1 amide bonds. The van der Waals surface area contributed by atoms with E-state index in [0.29, 0.717) is 5.92 Å². The van der Waals surface area contributed by atoms with Gasteiger partial charge in [-0.25, -0.2) is 0 Å². The highest BCUT2D eigenvalue weighted by molar-refractivity contribution is 5.81. The summed E-state index contributed by atoms with van der Waals surface area (Å²) >= 11 is 0. The Balaban J connectivity index is 4.28. The molecule has 0 heterocycles. The molecule has 0 bridgehead atoms. The van der Waals surface area contributed by atoms with Gasteiger partial charge in [-0.15, -0.1) is 0 Å². The summed E-state index contributed by atoms with van der Waals surface area (Å²) in [6, 6.07) is -0.316. The summed E-state index contributed by atoms with van der Waals surface area (Å²) in [7, 11) is 0. The maximum atomic E-state index is 12.2. The highest BCUT2D eigenvalue weighted by atomic mass is 16.2. The first-order chi connectivity index (χ1) is 8.02. The van der Waals surface area contributed by atoms with E-state index in [1.54, 1.807) is 0 Å². The fourth-order valence-corrected chi connectivity index (χ4v) is 1.87. The Kier molecular flexibility index (Phi) is 9.14. The second kappa shape index (κ2) is 9.46. The van der Waals surface area contributed by atoms with E-state index in [-0.39, 0.29) is 11.9 Å². The van der Waals surface area contributed by atoms with Crippen molar-refractivity contribution < 1.29 is 4.79 Å². The zero-order valence-corrected chi connectivity index (χ0v) is 12.0. The summed E-state index contributed by atoms with van der Waals surface area (Å²) in [5, 5.41) is 0. The van der Waals surface area contributed by atoms with E-state index in [0.717, 1.165) is 45.2 Å². The smallest absolute Gasteiger partial charge is 0.239 e. The molecule has 0 aromatic carbocycles. The molecule has 1 atom stereocenters. The third kappa shape index (κ3) is 7.37. The van der Waals surface area contributed by atoms with Gasteiger partial charge >= 0.3 is 0 Å². The van der Waals surface area contributed by atoms with Crippen LogP contribution in [-0.4, -0.2) is 29.9 Å². The predicted octanol–water partition coefficient (Wildman–Crippen LogP) is 2.79. The molecule has 0 radical (unpaired) electrons. The molecule has 0 saturated heterocycles. The molecule has 0 aliphatic rings. The molecule has 0 spiro atoms. The van der Waals surface area contributed by atoms with E-state index in [4.69, 9.17) is 5.73 Å². The molecule has 0 rings (SSSR count). The van der Waals surface area contributed by atoms with Gasteiger partial charge in [0.1, 0.15) is 0 Å². The van der Waals surface area contributed by atoms with Crippen LogP contribution in [0.2, 0.25) is 0 Å². The Morgan fingerprint density at radius 3 is 1.94 bits per heavy atom. The van der Waals surface area contributed by atoms with Gasteiger partial charge in [0.25, 0.3) is 0 Å². The lowest BCUT2D eigenvalue weighted by Gasteiger charge is -2.26. The number of unbranched alkanes of at least 4 members (excludes halogenated alkanes) is 2. The standard InChI is InChI=1S/C14H30N2O/c1-5-7-9-16(10-8-6-2)14(17)13(15)11-12(3)4/h12-13H,5-11,15H2,1-4H3/t13-/m0/s1. The molecular formula is C14H30N2O. The normalized spacial score (nSPS) is 12.8. The van der Waals surface area contributed by atoms with E-state index in [2.05, 4.69) is 27.7 Å². The summed E-state index contributed by atoms with van der Waals surface area (Å²) in [5.41, 5.74) is 5.97. The summed E-state index contributed by atoms with van der Waals surface area (Å²) in [6.07, 6.45) is 5.17. The lowest BCUT2D eigenvalue weighted by molar-refractivity contribution is -0.133. The Labute approximate surface area is 107 Å². The first-order valence-corrected chi connectivity index (χ1v) is 7.07. The van der Waals surface area contributed by atoms with Crippen LogP contribution in [0.4, 0.5) is 0 Å². The maximum Gasteiger partial charge on any atom is 0.239 e. The zero-order valence-electron chi connectivity index (χ0n) is 12.0. The van der Waals surface area contributed by atoms with Crippen LogP contribution >= 0.6 is 0 Å². The molecule has 0 unspecified atom stereocenters. The fourth-order valence-electron chi connectivity index (χ4n) is 1.87. The molecule has 0 aliphatic carbocycles. The van der Waals surface area contributed by atoms with Crippen LogP contribution in [0.3, 0.4) is 0 Å². The van der Waals surface area contributed by atoms with Gasteiger partial charge in [0, 0.05) is 13.1 Å². The number of carbonyl (C=O) groups excluding carboxylic acids is 1. The van der Waals surface area contributed by atoms with Gasteiger partial charge in [-0.1, -0.05) is 40.5 Å². The van der Waals surface area contributed by atoms with E-state index < -0.39 is 0 Å². The van der Waals surface area contributed by atoms with Gasteiger partial charge in [-0.3, -0.25) is 4.79 Å². The lowest BCUT2D eigenvalue weighted by atomic mass is 10.0. The Hall–Kier alpha value is -0.570. The summed E-state index contributed by atoms with van der Waals surface area (Å²) in [4.78, 5) is 14.1. The van der Waals surface area contributed by atoms with Gasteiger partial charge in [0.2, 0.25) is 5.91 Å². The number of nitrogens with zero attached hydrogens (tertiary/aromatic N) is 1. The molecule has 0 aliphatic heterocycles. The topological polar surface area (TPSA) is 46.3 Å². The number of carbonyl (C=O) groups is 1. The SMILES string of the molecule is CCCCN(CCCC)C(=O)[C@@H](N)CC(C)C. The molecule has 0 aromatic heterocycles. The van der Waals surface area contributed by atoms with Crippen LogP contribution in [-0.2, 0) is 4.79 Å². The monoisotopic (exact) mass is 242 g/mol. The van der Waals surface area contributed by atoms with Crippen LogP contribution in [0.15, 0.2) is 0 Å². The molecule has 0 aromatic rings. The van der Waals surface area contributed by atoms with Crippen molar-refractivity contribution >= 4 is 5.91 Å². The van der Waals surface area contributed by atoms with Crippen molar-refractivity contribution in [3.8, 4) is 0 Å². The molecule has 3 heteroatoms. The van der Waals surface area contributed by atoms with Crippen LogP contribution < -0.4 is 5.73 Å². The van der Waals surface area contributed by atoms with Gasteiger partial charge in [0.05, 0.1) is 6.04 Å². The van der Waals surface area contributed by atoms with Gasteiger partial charge in [-0.05, 0) is 25.2 Å². The molecular weight excluding hydrogens is 212 g/mol. The number of rotatable bonds is 9. The minimum atomic E-state index is -0.316. The van der Waals surface area contributed by atoms with Crippen molar-refractivity contribution in [3.05, 3.63) is 0 Å². The van der Waals surface area contributed by atoms with E-state index in [1.165, 1.54) is 0 Å². The first kappa shape index (κ1) is 16.4. The molecule has 17 heavy (non-hydrogen) atoms. The Bertz CT molecular complexity index is 196. The van der Waals surface area contributed by atoms with Crippen LogP contribution in [0.5, 0.6) is 0 Å². The van der Waals surface area contributed by atoms with Crippen molar-refractivity contribution in [2.45, 2.75) is 65.8 Å². The van der Waals surface area contributed by atoms with Gasteiger partial charge in [-0.2, -0.15) is 0 Å². The van der Waals surface area contributed by atoms with Crippen LogP contribution in [0.25, 0.3) is 0 Å². The molecule has 0 fully saturated rings. The average Bonchev–Trinajstić information content (AvgIpc) is 2.27. The van der Waals surface area contributed by atoms with Crippen molar-refractivity contribution in [2.24, 2.45) is 11.7 Å². The Morgan fingerprint density at radius 1 is 1.12 bits per heavy atom. The second-order valence-corrected chi connectivity index (χ2v) is 5.27. The average molecular weight is 242 g/mol. The molecule has 3 nitrogen and oxygen atoms in total. The summed E-state index contributed by atoms with van der Waals surface area (Å²) < 4.78 is 0. The molecule has 0 saturated carbocycles. The maximum absolute atomic E-state index is 12.2. The molecule has 2 N–H and O–H groups in total. The van der Waals surface area contributed by atoms with Crippen LogP contribution in [0.1, 0.15) is 59.8 Å². The minimum absolute atomic E-state index is 0.139. The van der Waals surface area contributed by atoms with Gasteiger partial charge < -0.3 is 10.6 Å². The number of amides is 1. The van der Waals surface area contributed by atoms with E-state index in [1.807, 2.05) is 4.90 Å². The summed E-state index contributed by atoms with van der Waals surface area (Å²) in [5.74, 6) is 0.619. The quantitative estimate of drug-likeness (QED) is 0.676. The third-order valence-electron chi connectivity index (χ3n) is 2.92. The zero-order chi connectivity index (χ0) is 13.3. The number of hydrogen-bond donors (Lipinski definition) is 1. The van der Waals surface area contributed by atoms with Crippen molar-refractivity contribution in [1.82, 2.24) is 4.90 Å². The first-order valence-electron chi connectivity index (χ1n) is 7.07. The molecule has 102 valence electrons. The number of hydrogen-bond acceptors (Lipinski definition) is 2. The largest absolute Gasteiger partial charge is 0.341 e. The third-order valence-corrected chi connectivity index (χ3v) is 2.92. The van der Waals surface area contributed by atoms with Crippen LogP contribution in [0, 0.1) is 5.92 Å². The second-order valence-electron chi connectivity index (χ2n) is 5.27. The number of nitrogens with two attached hydrogens (primary N) is 1. The van der Waals surface area contributed by atoms with Crippen molar-refractivity contribution in [3.63, 3.8) is 0 Å². The van der Waals surface area contributed by atoms with Crippen molar-refractivity contribution in [2.75, 3.05) is 13.1 Å². The van der Waals surface area contributed by atoms with Crippen molar-refractivity contribution in [1.29, 1.82) is 0 Å². The minimum Gasteiger partial charge on any atom is -0.341 e. The highest BCUT2D eigenvalue weighted by Gasteiger charge is 2.20. The Morgan fingerprint density at radius 2 is 1.59 bits per heavy atom. The lowest BCUT2D eigenvalue weighted by Crippen LogP contribution is -2.45. The fraction of sp³-hybridized carbons (Fsp3) is 0.929. The van der Waals surface area contributed by atoms with Gasteiger partial charge in [0.15, 0.2) is 0 Å². The predicted molar refractivity (Wildman–Crippen MR) is 73.8 cm³/mol. The summed E-state index contributed by atoms with van der Waals surface area (Å²) in [6.45, 7) is 10.2. The van der Waals surface area contributed by atoms with E-state index >= 15 is 0 Å². The highest BCUT2D eigenvalue weighted by Crippen LogP contribution is 2.08.